The Labute approximate surface area is 491 Å². The second-order valence-electron chi connectivity index (χ2n) is 21.0. The monoisotopic (exact) mass is 1150 g/mol. The van der Waals surface area contributed by atoms with Crippen LogP contribution in [-0.4, -0.2) is 134 Å². The molecule has 444 valence electrons. The first-order valence-electron chi connectivity index (χ1n) is 28.7. The van der Waals surface area contributed by atoms with Crippen LogP contribution in [0.25, 0.3) is 0 Å². The molecule has 0 aromatic heterocycles. The van der Waals surface area contributed by atoms with E-state index >= 15 is 0 Å². The van der Waals surface area contributed by atoms with Crippen LogP contribution in [0.15, 0.2) is 212 Å². The molecule has 0 amide bonds. The SMILES string of the molecule is CO[C@H]1O[C@H](CO[C@H]2O[C@H](CO)[C@@H](OCc3ccccc3)[C@H](O)[C@@H]2OCc2ccccc2)[C@@H](OCc2ccccc2)[C@H](O[C@H]2O[C@H](COCc3ccccc3)[C@@H](OCc3ccccc3)[C@H](OCc3ccccc3)[C@@H]2O)[C@@H]1OCc1ccccc1. The molecule has 0 radical (unpaired) electrons. The average Bonchev–Trinajstić information content (AvgIpc) is 3.06. The lowest BCUT2D eigenvalue weighted by Gasteiger charge is -2.49. The maximum absolute atomic E-state index is 12.9. The van der Waals surface area contributed by atoms with E-state index < -0.39 is 98.7 Å². The molecule has 3 heterocycles. The minimum absolute atomic E-state index is 0.0344. The number of aliphatic hydroxyl groups excluding tert-OH is 3. The first-order chi connectivity index (χ1) is 41.4. The Morgan fingerprint density at radius 1 is 0.310 bits per heavy atom. The molecule has 16 nitrogen and oxygen atoms in total. The lowest BCUT2D eigenvalue weighted by molar-refractivity contribution is -0.378. The fraction of sp³-hybridized carbons (Fsp3) is 0.382. The van der Waals surface area contributed by atoms with Gasteiger partial charge < -0.3 is 76.9 Å². The van der Waals surface area contributed by atoms with Crippen LogP contribution in [0, 0.1) is 0 Å². The highest BCUT2D eigenvalue weighted by Crippen LogP contribution is 2.37. The van der Waals surface area contributed by atoms with Crippen LogP contribution >= 0.6 is 0 Å². The Kier molecular flexibility index (Phi) is 23.1. The molecule has 3 N–H and O–H groups in total. The molecule has 3 saturated heterocycles. The lowest BCUT2D eigenvalue weighted by Crippen LogP contribution is -2.66. The largest absolute Gasteiger partial charge is 0.394 e. The quantitative estimate of drug-likeness (QED) is 0.0405. The van der Waals surface area contributed by atoms with E-state index in [0.717, 1.165) is 38.9 Å². The summed E-state index contributed by atoms with van der Waals surface area (Å²) in [4.78, 5) is 0. The van der Waals surface area contributed by atoms with Gasteiger partial charge in [0.25, 0.3) is 0 Å². The number of ether oxygens (including phenoxy) is 13. The molecule has 7 aromatic rings. The molecule has 0 unspecified atom stereocenters. The molecule has 3 aliphatic heterocycles. The van der Waals surface area contributed by atoms with Crippen LogP contribution in [0.4, 0.5) is 0 Å². The third-order valence-electron chi connectivity index (χ3n) is 15.1. The van der Waals surface area contributed by atoms with Gasteiger partial charge in [0, 0.05) is 7.11 Å². The van der Waals surface area contributed by atoms with Gasteiger partial charge in [0.05, 0.1) is 66.1 Å². The molecule has 7 aromatic carbocycles. The van der Waals surface area contributed by atoms with Crippen molar-refractivity contribution in [3.05, 3.63) is 251 Å². The van der Waals surface area contributed by atoms with Crippen LogP contribution in [0.5, 0.6) is 0 Å². The highest BCUT2D eigenvalue weighted by Gasteiger charge is 2.55. The maximum atomic E-state index is 12.9. The van der Waals surface area contributed by atoms with Gasteiger partial charge in [-0.15, -0.1) is 0 Å². The van der Waals surface area contributed by atoms with Gasteiger partial charge in [-0.2, -0.15) is 0 Å². The second-order valence-corrected chi connectivity index (χ2v) is 21.0. The summed E-state index contributed by atoms with van der Waals surface area (Å²) in [6, 6.07) is 67.7. The van der Waals surface area contributed by atoms with Crippen LogP contribution in [0.2, 0.25) is 0 Å². The number of methoxy groups -OCH3 is 1. The number of rotatable bonds is 29. The topological polar surface area (TPSA) is 181 Å². The highest BCUT2D eigenvalue weighted by atomic mass is 16.8. The van der Waals surface area contributed by atoms with E-state index in [1.54, 1.807) is 0 Å². The van der Waals surface area contributed by atoms with Crippen LogP contribution in [0.1, 0.15) is 38.9 Å². The molecule has 3 fully saturated rings. The van der Waals surface area contributed by atoms with Crippen molar-refractivity contribution >= 4 is 0 Å². The average molecular weight is 1150 g/mol. The molecular formula is C68H76O16. The number of aliphatic hydroxyl groups is 3. The number of hydrogen-bond donors (Lipinski definition) is 3. The van der Waals surface area contributed by atoms with E-state index in [1.807, 2.05) is 212 Å². The predicted molar refractivity (Wildman–Crippen MR) is 309 cm³/mol. The number of hydrogen-bond acceptors (Lipinski definition) is 16. The molecular weight excluding hydrogens is 1070 g/mol. The minimum atomic E-state index is -1.46. The van der Waals surface area contributed by atoms with Gasteiger partial charge >= 0.3 is 0 Å². The van der Waals surface area contributed by atoms with Crippen molar-refractivity contribution in [1.29, 1.82) is 0 Å². The van der Waals surface area contributed by atoms with Crippen molar-refractivity contribution < 1.29 is 76.9 Å². The van der Waals surface area contributed by atoms with E-state index in [4.69, 9.17) is 61.6 Å². The van der Waals surface area contributed by atoms with Crippen LogP contribution < -0.4 is 0 Å². The summed E-state index contributed by atoms with van der Waals surface area (Å²) in [5.74, 6) is 0. The Morgan fingerprint density at radius 3 is 1.06 bits per heavy atom. The van der Waals surface area contributed by atoms with Crippen molar-refractivity contribution in [3.63, 3.8) is 0 Å². The van der Waals surface area contributed by atoms with E-state index in [0.29, 0.717) is 0 Å². The summed E-state index contributed by atoms with van der Waals surface area (Å²) in [6.07, 6.45) is -16.7. The normalized spacial score (nSPS) is 28.0. The zero-order valence-corrected chi connectivity index (χ0v) is 47.1. The molecule has 0 saturated carbocycles. The zero-order valence-electron chi connectivity index (χ0n) is 47.1. The second kappa shape index (κ2) is 31.9. The molecule has 0 bridgehead atoms. The van der Waals surface area contributed by atoms with E-state index in [2.05, 4.69) is 0 Å². The Hall–Kier alpha value is -6.10. The summed E-state index contributed by atoms with van der Waals surface area (Å²) in [5.41, 5.74) is 6.20. The van der Waals surface area contributed by atoms with E-state index in [1.165, 1.54) is 7.11 Å². The molecule has 84 heavy (non-hydrogen) atoms. The van der Waals surface area contributed by atoms with Gasteiger partial charge in [0.1, 0.15) is 73.2 Å². The van der Waals surface area contributed by atoms with Crippen molar-refractivity contribution in [2.24, 2.45) is 0 Å². The zero-order chi connectivity index (χ0) is 57.7. The first kappa shape index (κ1) is 61.0. The Balaban J connectivity index is 0.982. The number of benzene rings is 7. The van der Waals surface area contributed by atoms with Crippen molar-refractivity contribution in [2.45, 2.75) is 138 Å². The molecule has 0 aliphatic carbocycles. The minimum Gasteiger partial charge on any atom is -0.394 e. The predicted octanol–water partition coefficient (Wildman–Crippen LogP) is 8.65. The summed E-state index contributed by atoms with van der Waals surface area (Å²) in [5, 5.41) is 36.0. The van der Waals surface area contributed by atoms with Gasteiger partial charge in [0.15, 0.2) is 18.9 Å². The summed E-state index contributed by atoms with van der Waals surface area (Å²) >= 11 is 0. The van der Waals surface area contributed by atoms with Gasteiger partial charge in [-0.25, -0.2) is 0 Å². The first-order valence-corrected chi connectivity index (χ1v) is 28.7. The summed E-state index contributed by atoms with van der Waals surface area (Å²) in [6.45, 7) is 0.343. The Morgan fingerprint density at radius 2 is 0.643 bits per heavy atom. The fourth-order valence-electron chi connectivity index (χ4n) is 10.6. The van der Waals surface area contributed by atoms with Crippen LogP contribution in [-0.2, 0) is 108 Å². The third-order valence-corrected chi connectivity index (χ3v) is 15.1. The third kappa shape index (κ3) is 16.9. The van der Waals surface area contributed by atoms with Crippen LogP contribution in [0.3, 0.4) is 0 Å². The van der Waals surface area contributed by atoms with Gasteiger partial charge in [-0.3, -0.25) is 0 Å². The van der Waals surface area contributed by atoms with E-state index in [-0.39, 0.29) is 59.5 Å². The van der Waals surface area contributed by atoms with Gasteiger partial charge in [-0.1, -0.05) is 212 Å². The maximum Gasteiger partial charge on any atom is 0.187 e. The smallest absolute Gasteiger partial charge is 0.187 e. The van der Waals surface area contributed by atoms with E-state index in [9.17, 15) is 15.3 Å². The molecule has 0 spiro atoms. The van der Waals surface area contributed by atoms with Gasteiger partial charge in [0.2, 0.25) is 0 Å². The molecule has 15 atom stereocenters. The summed E-state index contributed by atoms with van der Waals surface area (Å²) in [7, 11) is 1.51. The fourth-order valence-corrected chi connectivity index (χ4v) is 10.6. The molecule has 10 rings (SSSR count). The van der Waals surface area contributed by atoms with Gasteiger partial charge in [-0.05, 0) is 38.9 Å². The standard InChI is InChI=1S/C68H76O16/c1-72-67-65(79-44-53-35-21-8-22-36-53)64(84-66-58(71)62(77-42-51-31-17-6-18-32-51)60(75-40-49-27-13-4-14-28-49)55(82-66)45-73-38-47-23-9-2-10-24-47)61(76-41-50-29-15-5-16-30-50)56(83-67)46-80-68-63(78-43-52-33-19-7-20-34-52)57(70)59(54(37-69)81-68)74-39-48-25-11-3-12-26-48/h2-36,54-71H,37-46H2,1H3/t54-,55-,56-,57+,58+,59-,60-,61-,62-,63+,64+,65+,66-,67+,68+/m1/s1. The molecule has 3 aliphatic rings. The Bertz CT molecular complexity index is 2900. The molecule has 16 heteroatoms. The van der Waals surface area contributed by atoms with Crippen molar-refractivity contribution in [2.75, 3.05) is 26.9 Å². The van der Waals surface area contributed by atoms with Crippen molar-refractivity contribution in [1.82, 2.24) is 0 Å². The van der Waals surface area contributed by atoms with Crippen molar-refractivity contribution in [3.8, 4) is 0 Å². The lowest BCUT2D eigenvalue weighted by atomic mass is 9.95. The highest BCUT2D eigenvalue weighted by molar-refractivity contribution is 5.19. The summed E-state index contributed by atoms with van der Waals surface area (Å²) < 4.78 is 87.1.